The summed E-state index contributed by atoms with van der Waals surface area (Å²) >= 11 is 0. The van der Waals surface area contributed by atoms with Crippen molar-refractivity contribution in [1.82, 2.24) is 13.3 Å². The number of fused-ring (bicyclic) bond motifs is 1. The molecule has 238 valence electrons. The summed E-state index contributed by atoms with van der Waals surface area (Å²) in [6, 6.07) is 11.9. The molecule has 2 aromatic heterocycles. The van der Waals surface area contributed by atoms with E-state index >= 15 is 4.39 Å². The molecular weight excluding hydrogens is 623 g/mol. The van der Waals surface area contributed by atoms with Crippen LogP contribution in [0.25, 0.3) is 22.2 Å². The fraction of sp³-hybridized carbons (Fsp3) is 0.344. The number of nitrogens with zero attached hydrogens (tertiary/aromatic N) is 3. The van der Waals surface area contributed by atoms with Crippen molar-refractivity contribution >= 4 is 36.8 Å². The SMILES string of the molecule is Cc1ccc(S(=O)(=O)n2c(C3C=CN(S(C)(=O)=O)CC3)cc3c(-c4cc(NCC5CCOCC5)c(F)cc4F)ccnc32)cc1. The van der Waals surface area contributed by atoms with E-state index in [2.05, 4.69) is 10.3 Å². The van der Waals surface area contributed by atoms with Crippen molar-refractivity contribution in [2.75, 3.05) is 37.9 Å². The molecule has 1 unspecified atom stereocenters. The lowest BCUT2D eigenvalue weighted by molar-refractivity contribution is 0.0699. The topological polar surface area (TPSA) is 111 Å². The Labute approximate surface area is 261 Å². The lowest BCUT2D eigenvalue weighted by atomic mass is 9.97. The Morgan fingerprint density at radius 3 is 2.36 bits per heavy atom. The van der Waals surface area contributed by atoms with Gasteiger partial charge >= 0.3 is 0 Å². The van der Waals surface area contributed by atoms with Crippen molar-refractivity contribution in [1.29, 1.82) is 0 Å². The molecular formula is C32H34F2N4O5S2. The van der Waals surface area contributed by atoms with E-state index in [1.54, 1.807) is 30.3 Å². The lowest BCUT2D eigenvalue weighted by Crippen LogP contribution is -2.30. The third-order valence-corrected chi connectivity index (χ3v) is 11.4. The van der Waals surface area contributed by atoms with E-state index < -0.39 is 37.6 Å². The second-order valence-corrected chi connectivity index (χ2v) is 15.3. The molecule has 2 aliphatic heterocycles. The van der Waals surface area contributed by atoms with Crippen molar-refractivity contribution in [3.05, 3.63) is 89.9 Å². The molecule has 1 saturated heterocycles. The summed E-state index contributed by atoms with van der Waals surface area (Å²) in [6.07, 6.45) is 7.60. The summed E-state index contributed by atoms with van der Waals surface area (Å²) in [5.74, 6) is -1.71. The van der Waals surface area contributed by atoms with Crippen LogP contribution >= 0.6 is 0 Å². The van der Waals surface area contributed by atoms with Gasteiger partial charge in [-0.3, -0.25) is 4.31 Å². The number of allylic oxidation sites excluding steroid dienone is 1. The maximum Gasteiger partial charge on any atom is 0.269 e. The van der Waals surface area contributed by atoms with Crippen LogP contribution in [0.15, 0.2) is 71.9 Å². The van der Waals surface area contributed by atoms with E-state index in [1.807, 2.05) is 6.92 Å². The van der Waals surface area contributed by atoms with Crippen LogP contribution in [0.1, 0.15) is 36.4 Å². The number of hydrogen-bond acceptors (Lipinski definition) is 7. The number of halogens is 2. The second kappa shape index (κ2) is 12.2. The highest BCUT2D eigenvalue weighted by atomic mass is 32.2. The smallest absolute Gasteiger partial charge is 0.269 e. The number of aromatic nitrogens is 2. The molecule has 4 heterocycles. The fourth-order valence-electron chi connectivity index (χ4n) is 5.91. The zero-order valence-electron chi connectivity index (χ0n) is 24.9. The monoisotopic (exact) mass is 656 g/mol. The highest BCUT2D eigenvalue weighted by molar-refractivity contribution is 7.90. The third kappa shape index (κ3) is 6.21. The molecule has 1 fully saturated rings. The number of anilines is 1. The zero-order chi connectivity index (χ0) is 31.9. The summed E-state index contributed by atoms with van der Waals surface area (Å²) in [6.45, 7) is 3.80. The molecule has 0 amide bonds. The minimum atomic E-state index is -4.19. The summed E-state index contributed by atoms with van der Waals surface area (Å²) in [4.78, 5) is 4.49. The van der Waals surface area contributed by atoms with Crippen molar-refractivity contribution < 1.29 is 30.4 Å². The van der Waals surface area contributed by atoms with Crippen molar-refractivity contribution in [3.63, 3.8) is 0 Å². The van der Waals surface area contributed by atoms with Crippen LogP contribution in [0.2, 0.25) is 0 Å². The Kier molecular flexibility index (Phi) is 8.44. The van der Waals surface area contributed by atoms with E-state index in [0.717, 1.165) is 34.7 Å². The molecule has 4 aromatic rings. The zero-order valence-corrected chi connectivity index (χ0v) is 26.5. The number of sulfonamides is 1. The van der Waals surface area contributed by atoms with Gasteiger partial charge in [0, 0.05) is 67.3 Å². The van der Waals surface area contributed by atoms with E-state index in [4.69, 9.17) is 4.74 Å². The maximum absolute atomic E-state index is 15.5. The van der Waals surface area contributed by atoms with Crippen LogP contribution in [0, 0.1) is 24.5 Å². The van der Waals surface area contributed by atoms with Gasteiger partial charge in [0.05, 0.1) is 16.8 Å². The highest BCUT2D eigenvalue weighted by Crippen LogP contribution is 2.39. The molecule has 13 heteroatoms. The summed E-state index contributed by atoms with van der Waals surface area (Å²) in [5, 5.41) is 3.49. The first kappa shape index (κ1) is 31.2. The van der Waals surface area contributed by atoms with Crippen LogP contribution in [0.3, 0.4) is 0 Å². The first-order valence-corrected chi connectivity index (χ1v) is 18.0. The number of hydrogen-bond donors (Lipinski definition) is 1. The van der Waals surface area contributed by atoms with Gasteiger partial charge in [-0.05, 0) is 68.0 Å². The molecule has 6 rings (SSSR count). The molecule has 0 saturated carbocycles. The van der Waals surface area contributed by atoms with Crippen molar-refractivity contribution in [3.8, 4) is 11.1 Å². The second-order valence-electron chi connectivity index (χ2n) is 11.6. The molecule has 1 atom stereocenters. The average Bonchev–Trinajstić information content (AvgIpc) is 3.42. The molecule has 45 heavy (non-hydrogen) atoms. The normalized spacial score (nSPS) is 18.0. The lowest BCUT2D eigenvalue weighted by Gasteiger charge is -2.26. The Morgan fingerprint density at radius 2 is 1.69 bits per heavy atom. The molecule has 0 bridgehead atoms. The maximum atomic E-state index is 15.5. The number of aryl methyl sites for hydroxylation is 1. The number of pyridine rings is 1. The molecule has 0 radical (unpaired) electrons. The van der Waals surface area contributed by atoms with E-state index in [9.17, 15) is 21.2 Å². The van der Waals surface area contributed by atoms with Crippen LogP contribution in [-0.2, 0) is 24.8 Å². The predicted octanol–water partition coefficient (Wildman–Crippen LogP) is 5.63. The van der Waals surface area contributed by atoms with E-state index in [0.29, 0.717) is 48.7 Å². The van der Waals surface area contributed by atoms with Gasteiger partial charge in [-0.2, -0.15) is 0 Å². The van der Waals surface area contributed by atoms with Gasteiger partial charge in [0.25, 0.3) is 10.0 Å². The quantitative estimate of drug-likeness (QED) is 0.262. The van der Waals surface area contributed by atoms with Gasteiger partial charge in [-0.15, -0.1) is 0 Å². The molecule has 2 aliphatic rings. The molecule has 9 nitrogen and oxygen atoms in total. The third-order valence-electron chi connectivity index (χ3n) is 8.47. The van der Waals surface area contributed by atoms with E-state index in [-0.39, 0.29) is 28.3 Å². The minimum Gasteiger partial charge on any atom is -0.382 e. The number of ether oxygens (including phenoxy) is 1. The van der Waals surface area contributed by atoms with E-state index in [1.165, 1.54) is 34.9 Å². The highest BCUT2D eigenvalue weighted by Gasteiger charge is 2.31. The Morgan fingerprint density at radius 1 is 0.956 bits per heavy atom. The first-order valence-electron chi connectivity index (χ1n) is 14.7. The molecule has 0 aliphatic carbocycles. The Hall–Kier alpha value is -3.81. The summed E-state index contributed by atoms with van der Waals surface area (Å²) < 4.78 is 90.9. The van der Waals surface area contributed by atoms with Crippen molar-refractivity contribution in [2.24, 2.45) is 5.92 Å². The number of nitrogens with one attached hydrogen (secondary N) is 1. The summed E-state index contributed by atoms with van der Waals surface area (Å²) in [5.41, 5.74) is 1.92. The van der Waals surface area contributed by atoms with Crippen LogP contribution in [-0.4, -0.2) is 62.7 Å². The molecule has 0 spiro atoms. The predicted molar refractivity (Wildman–Crippen MR) is 169 cm³/mol. The Balaban J connectivity index is 1.49. The van der Waals surface area contributed by atoms with Crippen LogP contribution < -0.4 is 5.32 Å². The van der Waals surface area contributed by atoms with Gasteiger partial charge in [0.15, 0.2) is 5.65 Å². The molecule has 2 aromatic carbocycles. The number of rotatable bonds is 8. The molecule has 1 N–H and O–H groups in total. The van der Waals surface area contributed by atoms with Crippen LogP contribution in [0.5, 0.6) is 0 Å². The number of benzene rings is 2. The first-order chi connectivity index (χ1) is 21.4. The minimum absolute atomic E-state index is 0.0455. The van der Waals surface area contributed by atoms with Gasteiger partial charge in [-0.1, -0.05) is 23.8 Å². The van der Waals surface area contributed by atoms with Gasteiger partial charge in [0.1, 0.15) is 11.6 Å². The summed E-state index contributed by atoms with van der Waals surface area (Å²) in [7, 11) is -7.68. The average molecular weight is 657 g/mol. The van der Waals surface area contributed by atoms with Gasteiger partial charge in [0.2, 0.25) is 10.0 Å². The fourth-order valence-corrected chi connectivity index (χ4v) is 8.17. The standard InChI is InChI=1S/C32H34F2N4O5S2/c1-21-3-5-24(6-4-21)45(41,42)38-31(23-8-13-37(14-9-23)44(2,39)40)18-27-25(7-12-35-32(27)38)26-17-30(29(34)19-28(26)33)36-20-22-10-15-43-16-11-22/h3-8,12-13,17-19,22-23,36H,9-11,14-16,20H2,1-2H3. The largest absolute Gasteiger partial charge is 0.382 e. The van der Waals surface area contributed by atoms with Crippen molar-refractivity contribution in [2.45, 2.75) is 37.0 Å². The van der Waals surface area contributed by atoms with Gasteiger partial charge in [-0.25, -0.2) is 34.6 Å². The Bertz CT molecular complexity index is 1990. The van der Waals surface area contributed by atoms with Gasteiger partial charge < -0.3 is 10.1 Å². The van der Waals surface area contributed by atoms with Crippen LogP contribution in [0.4, 0.5) is 14.5 Å².